The highest BCUT2D eigenvalue weighted by molar-refractivity contribution is 6.32. The summed E-state index contributed by atoms with van der Waals surface area (Å²) in [7, 11) is 3.83. The van der Waals surface area contributed by atoms with Gasteiger partial charge in [0.05, 0.1) is 19.0 Å². The second kappa shape index (κ2) is 10.1. The first-order valence-corrected chi connectivity index (χ1v) is 11.1. The van der Waals surface area contributed by atoms with E-state index >= 15 is 0 Å². The molecule has 1 aliphatic rings. The van der Waals surface area contributed by atoms with Gasteiger partial charge in [0, 0.05) is 44.0 Å². The normalized spacial score (nSPS) is 15.3. The van der Waals surface area contributed by atoms with E-state index in [0.29, 0.717) is 16.8 Å². The number of nitrogens with one attached hydrogen (secondary N) is 2. The lowest BCUT2D eigenvalue weighted by molar-refractivity contribution is 0.312. The third kappa shape index (κ3) is 5.23. The monoisotopic (exact) mass is 452 g/mol. The van der Waals surface area contributed by atoms with Crippen LogP contribution in [0.4, 0.5) is 23.1 Å². The molecule has 3 aromatic rings. The molecule has 0 amide bonds. The zero-order chi connectivity index (χ0) is 22.5. The molecule has 2 aromatic carbocycles. The fraction of sp³-hybridized carbons (Fsp3) is 0.333. The molecule has 1 fully saturated rings. The Morgan fingerprint density at radius 1 is 1.06 bits per heavy atom. The lowest BCUT2D eigenvalue weighted by Crippen LogP contribution is -2.44. The van der Waals surface area contributed by atoms with Gasteiger partial charge in [-0.3, -0.25) is 0 Å². The molecule has 0 saturated carbocycles. The number of benzene rings is 2. The highest BCUT2D eigenvalue weighted by Gasteiger charge is 2.17. The van der Waals surface area contributed by atoms with Crippen molar-refractivity contribution in [3.05, 3.63) is 65.3 Å². The summed E-state index contributed by atoms with van der Waals surface area (Å²) in [4.78, 5) is 13.6. The van der Waals surface area contributed by atoms with Crippen molar-refractivity contribution in [3.63, 3.8) is 0 Å². The van der Waals surface area contributed by atoms with Crippen LogP contribution < -0.4 is 20.3 Å². The standard InChI is InChI=1S/C24H29ClN6O/c1-17(18-7-5-4-6-8-18)27-23-20(25)16-26-24(29-23)28-21-10-9-19(15-22(21)32-3)31-13-11-30(2)12-14-31/h4-10,15-17H,11-14H2,1-3H3,(H2,26,27,28,29)/t17-/m1/s1. The molecule has 32 heavy (non-hydrogen) atoms. The van der Waals surface area contributed by atoms with Gasteiger partial charge in [0.15, 0.2) is 5.82 Å². The van der Waals surface area contributed by atoms with Crippen molar-refractivity contribution in [1.82, 2.24) is 14.9 Å². The number of methoxy groups -OCH3 is 1. The molecule has 168 valence electrons. The molecule has 1 atom stereocenters. The van der Waals surface area contributed by atoms with Crippen molar-refractivity contribution in [3.8, 4) is 5.75 Å². The van der Waals surface area contributed by atoms with Crippen molar-refractivity contribution < 1.29 is 4.74 Å². The first-order chi connectivity index (χ1) is 15.5. The Kier molecular flexibility index (Phi) is 6.97. The third-order valence-corrected chi connectivity index (χ3v) is 5.97. The smallest absolute Gasteiger partial charge is 0.229 e. The second-order valence-electron chi connectivity index (χ2n) is 7.97. The maximum atomic E-state index is 6.36. The molecule has 0 bridgehead atoms. The van der Waals surface area contributed by atoms with E-state index in [0.717, 1.165) is 48.9 Å². The lowest BCUT2D eigenvalue weighted by Gasteiger charge is -2.34. The average Bonchev–Trinajstić information content (AvgIpc) is 2.82. The Morgan fingerprint density at radius 2 is 1.81 bits per heavy atom. The fourth-order valence-electron chi connectivity index (χ4n) is 3.72. The first kappa shape index (κ1) is 22.2. The molecule has 7 nitrogen and oxygen atoms in total. The minimum Gasteiger partial charge on any atom is -0.494 e. The van der Waals surface area contributed by atoms with Gasteiger partial charge < -0.3 is 25.2 Å². The average molecular weight is 453 g/mol. The summed E-state index contributed by atoms with van der Waals surface area (Å²) in [5.74, 6) is 1.77. The van der Waals surface area contributed by atoms with Crippen LogP contribution in [0.2, 0.25) is 5.02 Å². The van der Waals surface area contributed by atoms with E-state index in [2.05, 4.69) is 68.6 Å². The number of halogens is 1. The van der Waals surface area contributed by atoms with Crippen molar-refractivity contribution in [2.24, 2.45) is 0 Å². The van der Waals surface area contributed by atoms with E-state index in [1.54, 1.807) is 13.3 Å². The van der Waals surface area contributed by atoms with Crippen LogP contribution in [0, 0.1) is 0 Å². The van der Waals surface area contributed by atoms with Gasteiger partial charge in [-0.25, -0.2) is 4.98 Å². The van der Waals surface area contributed by atoms with Crippen molar-refractivity contribution >= 4 is 34.7 Å². The van der Waals surface area contributed by atoms with E-state index in [9.17, 15) is 0 Å². The number of nitrogens with zero attached hydrogens (tertiary/aromatic N) is 4. The van der Waals surface area contributed by atoms with E-state index in [-0.39, 0.29) is 6.04 Å². The van der Waals surface area contributed by atoms with Crippen LogP contribution >= 0.6 is 11.6 Å². The molecular weight excluding hydrogens is 424 g/mol. The summed E-state index contributed by atoms with van der Waals surface area (Å²) >= 11 is 6.36. The number of aromatic nitrogens is 2. The molecule has 8 heteroatoms. The summed E-state index contributed by atoms with van der Waals surface area (Å²) in [5.41, 5.74) is 3.10. The molecule has 2 N–H and O–H groups in total. The molecule has 1 saturated heterocycles. The number of anilines is 4. The second-order valence-corrected chi connectivity index (χ2v) is 8.37. The zero-order valence-electron chi connectivity index (χ0n) is 18.7. The fourth-order valence-corrected chi connectivity index (χ4v) is 3.87. The van der Waals surface area contributed by atoms with Gasteiger partial charge in [-0.15, -0.1) is 0 Å². The minimum absolute atomic E-state index is 0.0499. The Balaban J connectivity index is 1.50. The van der Waals surface area contributed by atoms with E-state index < -0.39 is 0 Å². The number of likely N-dealkylation sites (N-methyl/N-ethyl adjacent to an activating group) is 1. The highest BCUT2D eigenvalue weighted by Crippen LogP contribution is 2.33. The maximum absolute atomic E-state index is 6.36. The highest BCUT2D eigenvalue weighted by atomic mass is 35.5. The zero-order valence-corrected chi connectivity index (χ0v) is 19.4. The van der Waals surface area contributed by atoms with E-state index in [4.69, 9.17) is 16.3 Å². The summed E-state index contributed by atoms with van der Waals surface area (Å²) < 4.78 is 5.65. The van der Waals surface area contributed by atoms with Crippen molar-refractivity contribution in [1.29, 1.82) is 0 Å². The SMILES string of the molecule is COc1cc(N2CCN(C)CC2)ccc1Nc1ncc(Cl)c(N[C@H](C)c2ccccc2)n1. The van der Waals surface area contributed by atoms with Gasteiger partial charge in [-0.1, -0.05) is 41.9 Å². The van der Waals surface area contributed by atoms with Gasteiger partial charge in [0.1, 0.15) is 10.8 Å². The molecule has 4 rings (SSSR count). The van der Waals surface area contributed by atoms with Crippen molar-refractivity contribution in [2.75, 3.05) is 55.9 Å². The van der Waals surface area contributed by atoms with Crippen molar-refractivity contribution in [2.45, 2.75) is 13.0 Å². The molecular formula is C24H29ClN6O. The van der Waals surface area contributed by atoms with Gasteiger partial charge in [0.25, 0.3) is 0 Å². The predicted octanol–water partition coefficient (Wildman–Crippen LogP) is 4.81. The maximum Gasteiger partial charge on any atom is 0.229 e. The van der Waals surface area contributed by atoms with Crippen LogP contribution in [0.1, 0.15) is 18.5 Å². The first-order valence-electron chi connectivity index (χ1n) is 10.8. The number of piperazine rings is 1. The van der Waals surface area contributed by atoms with Crippen LogP contribution in [0.5, 0.6) is 5.75 Å². The van der Waals surface area contributed by atoms with Crippen LogP contribution in [0.3, 0.4) is 0 Å². The lowest BCUT2D eigenvalue weighted by atomic mass is 10.1. The van der Waals surface area contributed by atoms with Crippen LogP contribution in [-0.4, -0.2) is 55.2 Å². The predicted molar refractivity (Wildman–Crippen MR) is 132 cm³/mol. The number of rotatable bonds is 7. The van der Waals surface area contributed by atoms with Gasteiger partial charge >= 0.3 is 0 Å². The van der Waals surface area contributed by atoms with Gasteiger partial charge in [-0.05, 0) is 31.7 Å². The molecule has 2 heterocycles. The van der Waals surface area contributed by atoms with Gasteiger partial charge in [-0.2, -0.15) is 4.98 Å². The summed E-state index contributed by atoms with van der Waals surface area (Å²) in [5, 5.41) is 7.11. The Hall–Kier alpha value is -3.03. The largest absolute Gasteiger partial charge is 0.494 e. The number of hydrogen-bond donors (Lipinski definition) is 2. The Labute approximate surface area is 194 Å². The molecule has 0 aliphatic carbocycles. The number of ether oxygens (including phenoxy) is 1. The van der Waals surface area contributed by atoms with Crippen LogP contribution in [0.15, 0.2) is 54.7 Å². The molecule has 1 aromatic heterocycles. The minimum atomic E-state index is 0.0499. The summed E-state index contributed by atoms with van der Waals surface area (Å²) in [6.07, 6.45) is 1.60. The topological polar surface area (TPSA) is 65.6 Å². The van der Waals surface area contributed by atoms with Crippen LogP contribution in [0.25, 0.3) is 0 Å². The van der Waals surface area contributed by atoms with E-state index in [1.165, 1.54) is 0 Å². The quantitative estimate of drug-likeness (QED) is 0.533. The molecule has 0 unspecified atom stereocenters. The molecule has 0 spiro atoms. The summed E-state index contributed by atoms with van der Waals surface area (Å²) in [6.45, 7) is 6.18. The Morgan fingerprint density at radius 3 is 2.53 bits per heavy atom. The number of hydrogen-bond acceptors (Lipinski definition) is 7. The van der Waals surface area contributed by atoms with Gasteiger partial charge in [0.2, 0.25) is 5.95 Å². The third-order valence-electron chi connectivity index (χ3n) is 5.70. The molecule has 0 radical (unpaired) electrons. The molecule has 1 aliphatic heterocycles. The van der Waals surface area contributed by atoms with E-state index in [1.807, 2.05) is 24.3 Å². The Bertz CT molecular complexity index is 1040. The van der Waals surface area contributed by atoms with Crippen LogP contribution in [-0.2, 0) is 0 Å². The summed E-state index contributed by atoms with van der Waals surface area (Å²) in [6, 6.07) is 16.4.